The first-order valence-electron chi connectivity index (χ1n) is 7.96. The Bertz CT molecular complexity index is 650. The first kappa shape index (κ1) is 18.0. The first-order valence-corrected chi connectivity index (χ1v) is 7.96. The zero-order valence-electron chi connectivity index (χ0n) is 13.8. The van der Waals surface area contributed by atoms with Crippen LogP contribution in [-0.4, -0.2) is 30.3 Å². The van der Waals surface area contributed by atoms with Gasteiger partial charge in [-0.05, 0) is 38.0 Å². The van der Waals surface area contributed by atoms with E-state index in [2.05, 4.69) is 0 Å². The highest BCUT2D eigenvalue weighted by atomic mass is 19.1. The molecule has 2 rings (SSSR count). The van der Waals surface area contributed by atoms with Crippen molar-refractivity contribution >= 4 is 11.9 Å². The van der Waals surface area contributed by atoms with Gasteiger partial charge in [0.25, 0.3) is 0 Å². The topological polar surface area (TPSA) is 72.8 Å². The maximum absolute atomic E-state index is 13.3. The van der Waals surface area contributed by atoms with Gasteiger partial charge in [0.15, 0.2) is 0 Å². The molecule has 1 unspecified atom stereocenters. The highest BCUT2D eigenvalue weighted by Gasteiger charge is 2.46. The molecule has 0 saturated carbocycles. The molecule has 130 valence electrons. The van der Waals surface area contributed by atoms with Gasteiger partial charge in [-0.2, -0.15) is 0 Å². The van der Waals surface area contributed by atoms with E-state index in [0.717, 1.165) is 0 Å². The largest absolute Gasteiger partial charge is 0.512 e. The Kier molecular flexibility index (Phi) is 5.59. The summed E-state index contributed by atoms with van der Waals surface area (Å²) in [4.78, 5) is 24.8. The van der Waals surface area contributed by atoms with Gasteiger partial charge in [-0.3, -0.25) is 4.79 Å². The summed E-state index contributed by atoms with van der Waals surface area (Å²) in [5.41, 5.74) is -0.518. The van der Waals surface area contributed by atoms with Crippen LogP contribution in [0.3, 0.4) is 0 Å². The molecule has 6 heteroatoms. The lowest BCUT2D eigenvalue weighted by atomic mass is 9.68. The van der Waals surface area contributed by atoms with Gasteiger partial charge >= 0.3 is 11.9 Å². The molecule has 1 atom stereocenters. The highest BCUT2D eigenvalue weighted by Crippen LogP contribution is 2.43. The second kappa shape index (κ2) is 7.47. The first-order chi connectivity index (χ1) is 11.4. The van der Waals surface area contributed by atoms with Crippen LogP contribution in [0, 0.1) is 5.82 Å². The van der Waals surface area contributed by atoms with Crippen molar-refractivity contribution in [3.8, 4) is 0 Å². The Morgan fingerprint density at radius 2 is 1.79 bits per heavy atom. The molecule has 0 spiro atoms. The van der Waals surface area contributed by atoms with Crippen molar-refractivity contribution in [2.24, 2.45) is 0 Å². The number of aliphatic hydroxyl groups excluding tert-OH is 1. The maximum Gasteiger partial charge on any atom is 0.337 e. The van der Waals surface area contributed by atoms with Crippen LogP contribution < -0.4 is 0 Å². The Balaban J connectivity index is 2.47. The van der Waals surface area contributed by atoms with Gasteiger partial charge in [0.1, 0.15) is 11.6 Å². The number of esters is 2. The molecule has 0 bridgehead atoms. The molecule has 0 aliphatic heterocycles. The zero-order chi connectivity index (χ0) is 17.7. The molecule has 0 heterocycles. The average molecular weight is 336 g/mol. The molecule has 1 aromatic carbocycles. The number of carbonyl (C=O) groups excluding carboxylic acids is 2. The average Bonchev–Trinajstić information content (AvgIpc) is 2.56. The van der Waals surface area contributed by atoms with Crippen LogP contribution in [-0.2, 0) is 24.5 Å². The summed E-state index contributed by atoms with van der Waals surface area (Å²) < 4.78 is 23.4. The molecule has 0 radical (unpaired) electrons. The smallest absolute Gasteiger partial charge is 0.337 e. The van der Waals surface area contributed by atoms with Crippen molar-refractivity contribution in [1.82, 2.24) is 0 Å². The van der Waals surface area contributed by atoms with Crippen molar-refractivity contribution in [2.75, 3.05) is 13.2 Å². The van der Waals surface area contributed by atoms with E-state index in [-0.39, 0.29) is 43.8 Å². The van der Waals surface area contributed by atoms with Crippen LogP contribution in [0.2, 0.25) is 0 Å². The summed E-state index contributed by atoms with van der Waals surface area (Å²) in [5, 5.41) is 10.1. The zero-order valence-corrected chi connectivity index (χ0v) is 13.8. The summed E-state index contributed by atoms with van der Waals surface area (Å²) in [6.45, 7) is 3.71. The number of ether oxygens (including phenoxy) is 2. The Hall–Kier alpha value is -2.37. The second-order valence-electron chi connectivity index (χ2n) is 5.63. The van der Waals surface area contributed by atoms with Gasteiger partial charge in [0.05, 0.1) is 24.2 Å². The van der Waals surface area contributed by atoms with Crippen LogP contribution in [0.15, 0.2) is 35.6 Å². The van der Waals surface area contributed by atoms with E-state index >= 15 is 0 Å². The van der Waals surface area contributed by atoms with Gasteiger partial charge in [-0.25, -0.2) is 9.18 Å². The van der Waals surface area contributed by atoms with Crippen LogP contribution in [0.25, 0.3) is 0 Å². The third kappa shape index (κ3) is 3.42. The molecule has 0 amide bonds. The quantitative estimate of drug-likeness (QED) is 0.836. The number of rotatable bonds is 5. The van der Waals surface area contributed by atoms with Gasteiger partial charge in [0, 0.05) is 12.8 Å². The molecule has 1 N–H and O–H groups in total. The Labute approximate surface area is 140 Å². The summed E-state index contributed by atoms with van der Waals surface area (Å²) in [6, 6.07) is 5.55. The fraction of sp³-hybridized carbons (Fsp3) is 0.444. The summed E-state index contributed by atoms with van der Waals surface area (Å²) >= 11 is 0. The van der Waals surface area contributed by atoms with Crippen LogP contribution in [0.4, 0.5) is 4.39 Å². The third-order valence-electron chi connectivity index (χ3n) is 4.20. The lowest BCUT2D eigenvalue weighted by Gasteiger charge is -2.35. The van der Waals surface area contributed by atoms with Crippen molar-refractivity contribution in [3.05, 3.63) is 47.0 Å². The summed E-state index contributed by atoms with van der Waals surface area (Å²) in [5.74, 6) is -1.63. The monoisotopic (exact) mass is 336 g/mol. The van der Waals surface area contributed by atoms with Crippen molar-refractivity contribution in [2.45, 2.75) is 38.5 Å². The van der Waals surface area contributed by atoms with Crippen LogP contribution >= 0.6 is 0 Å². The number of carbonyl (C=O) groups is 2. The Morgan fingerprint density at radius 1 is 1.17 bits per heavy atom. The van der Waals surface area contributed by atoms with Gasteiger partial charge < -0.3 is 14.6 Å². The molecule has 1 aromatic rings. The van der Waals surface area contributed by atoms with E-state index in [1.165, 1.54) is 24.3 Å². The number of allylic oxidation sites excluding steroid dienone is 1. The molecule has 0 aromatic heterocycles. The molecule has 1 aliphatic carbocycles. The van der Waals surface area contributed by atoms with E-state index in [9.17, 15) is 19.1 Å². The fourth-order valence-corrected chi connectivity index (χ4v) is 2.96. The predicted octanol–water partition coefficient (Wildman–Crippen LogP) is 3.19. The lowest BCUT2D eigenvalue weighted by molar-refractivity contribution is -0.151. The minimum absolute atomic E-state index is 0.0396. The van der Waals surface area contributed by atoms with Crippen LogP contribution in [0.1, 0.15) is 38.7 Å². The second-order valence-corrected chi connectivity index (χ2v) is 5.63. The third-order valence-corrected chi connectivity index (χ3v) is 4.20. The molecule has 0 fully saturated rings. The number of hydrogen-bond donors (Lipinski definition) is 1. The van der Waals surface area contributed by atoms with E-state index in [1.54, 1.807) is 13.8 Å². The standard InChI is InChI=1S/C18H21FO5/c1-3-23-16(21)14-11-18(10-9-15(14)20,17(22)24-4-2)12-5-7-13(19)8-6-12/h5-8,20H,3-4,9-11H2,1-2H3. The van der Waals surface area contributed by atoms with Crippen molar-refractivity contribution < 1.29 is 28.6 Å². The molecule has 1 aliphatic rings. The number of hydrogen-bond acceptors (Lipinski definition) is 5. The van der Waals surface area contributed by atoms with Crippen molar-refractivity contribution in [1.29, 1.82) is 0 Å². The van der Waals surface area contributed by atoms with E-state index in [4.69, 9.17) is 9.47 Å². The SMILES string of the molecule is CCOC(=O)C1=C(O)CCC(C(=O)OCC)(c2ccc(F)cc2)C1. The number of benzene rings is 1. The minimum atomic E-state index is -1.14. The number of halogens is 1. The normalized spacial score (nSPS) is 20.6. The minimum Gasteiger partial charge on any atom is -0.512 e. The molecular formula is C18H21FO5. The van der Waals surface area contributed by atoms with Gasteiger partial charge in [0.2, 0.25) is 0 Å². The lowest BCUT2D eigenvalue weighted by Crippen LogP contribution is -2.41. The molecular weight excluding hydrogens is 315 g/mol. The molecule has 0 saturated heterocycles. The van der Waals surface area contributed by atoms with Crippen LogP contribution in [0.5, 0.6) is 0 Å². The van der Waals surface area contributed by atoms with E-state index < -0.39 is 23.2 Å². The summed E-state index contributed by atoms with van der Waals surface area (Å²) in [7, 11) is 0. The van der Waals surface area contributed by atoms with Crippen molar-refractivity contribution in [3.63, 3.8) is 0 Å². The molecule has 5 nitrogen and oxygen atoms in total. The van der Waals surface area contributed by atoms with E-state index in [1.807, 2.05) is 0 Å². The maximum atomic E-state index is 13.3. The number of aliphatic hydroxyl groups is 1. The van der Waals surface area contributed by atoms with Gasteiger partial charge in [-0.15, -0.1) is 0 Å². The Morgan fingerprint density at radius 3 is 2.38 bits per heavy atom. The summed E-state index contributed by atoms with van der Waals surface area (Å²) in [6.07, 6.45) is 0.374. The highest BCUT2D eigenvalue weighted by molar-refractivity contribution is 5.93. The fourth-order valence-electron chi connectivity index (χ4n) is 2.96. The van der Waals surface area contributed by atoms with E-state index in [0.29, 0.717) is 5.56 Å². The predicted molar refractivity (Wildman–Crippen MR) is 84.8 cm³/mol. The van der Waals surface area contributed by atoms with Gasteiger partial charge in [-0.1, -0.05) is 12.1 Å². The molecule has 24 heavy (non-hydrogen) atoms.